The molecule has 0 bridgehead atoms. The van der Waals surface area contributed by atoms with Crippen molar-refractivity contribution in [1.29, 1.82) is 0 Å². The van der Waals surface area contributed by atoms with Crippen LogP contribution < -0.4 is 5.32 Å². The first-order chi connectivity index (χ1) is 13.9. The van der Waals surface area contributed by atoms with Gasteiger partial charge < -0.3 is 14.6 Å². The Morgan fingerprint density at radius 2 is 1.83 bits per heavy atom. The standard InChI is InChI=1S/C22H20Cl2N2O3/c1-3-14-6-4-5-7-18(14)25-21(27)13-26(2)22(28)20-11-10-19(29-20)16-12-15(23)8-9-17(16)24/h4-12H,3,13H2,1-2H3,(H,25,27). The van der Waals surface area contributed by atoms with Gasteiger partial charge in [-0.1, -0.05) is 48.3 Å². The molecule has 0 fully saturated rings. The molecule has 2 aromatic carbocycles. The highest BCUT2D eigenvalue weighted by Gasteiger charge is 2.20. The first kappa shape index (κ1) is 21.0. The van der Waals surface area contributed by atoms with E-state index in [1.165, 1.54) is 4.90 Å². The van der Waals surface area contributed by atoms with Crippen LogP contribution in [0.2, 0.25) is 10.0 Å². The molecule has 0 radical (unpaired) electrons. The fourth-order valence-electron chi connectivity index (χ4n) is 2.90. The molecule has 0 aliphatic carbocycles. The fraction of sp³-hybridized carbons (Fsp3) is 0.182. The van der Waals surface area contributed by atoms with Crippen molar-refractivity contribution >= 4 is 40.7 Å². The van der Waals surface area contributed by atoms with Crippen LogP contribution in [0, 0.1) is 0 Å². The summed E-state index contributed by atoms with van der Waals surface area (Å²) in [6.07, 6.45) is 0.798. The summed E-state index contributed by atoms with van der Waals surface area (Å²) in [6, 6.07) is 15.8. The van der Waals surface area contributed by atoms with Gasteiger partial charge in [-0.05, 0) is 48.4 Å². The maximum Gasteiger partial charge on any atom is 0.289 e. The minimum atomic E-state index is -0.409. The van der Waals surface area contributed by atoms with Crippen LogP contribution in [0.4, 0.5) is 5.69 Å². The molecule has 0 saturated heterocycles. The smallest absolute Gasteiger partial charge is 0.289 e. The summed E-state index contributed by atoms with van der Waals surface area (Å²) >= 11 is 12.2. The number of halogens is 2. The average Bonchev–Trinajstić information content (AvgIpc) is 3.19. The summed E-state index contributed by atoms with van der Waals surface area (Å²) in [5.74, 6) is -0.157. The molecule has 0 aliphatic rings. The molecule has 0 aliphatic heterocycles. The minimum absolute atomic E-state index is 0.106. The number of carbonyl (C=O) groups is 2. The Bertz CT molecular complexity index is 1050. The van der Waals surface area contributed by atoms with E-state index in [4.69, 9.17) is 27.6 Å². The fourth-order valence-corrected chi connectivity index (χ4v) is 3.28. The molecule has 3 aromatic rings. The van der Waals surface area contributed by atoms with E-state index >= 15 is 0 Å². The number of benzene rings is 2. The molecule has 5 nitrogen and oxygen atoms in total. The average molecular weight is 431 g/mol. The van der Waals surface area contributed by atoms with Gasteiger partial charge in [0.1, 0.15) is 5.76 Å². The highest BCUT2D eigenvalue weighted by atomic mass is 35.5. The van der Waals surface area contributed by atoms with Gasteiger partial charge in [0, 0.05) is 23.3 Å². The summed E-state index contributed by atoms with van der Waals surface area (Å²) < 4.78 is 5.66. The van der Waals surface area contributed by atoms with Crippen LogP contribution in [-0.2, 0) is 11.2 Å². The Kier molecular flexibility index (Phi) is 6.62. The molecular weight excluding hydrogens is 411 g/mol. The van der Waals surface area contributed by atoms with E-state index in [2.05, 4.69) is 5.32 Å². The number of nitrogens with zero attached hydrogens (tertiary/aromatic N) is 1. The minimum Gasteiger partial charge on any atom is -0.451 e. The lowest BCUT2D eigenvalue weighted by atomic mass is 10.1. The zero-order chi connectivity index (χ0) is 21.0. The van der Waals surface area contributed by atoms with E-state index in [0.29, 0.717) is 21.4 Å². The van der Waals surface area contributed by atoms with Crippen molar-refractivity contribution in [2.24, 2.45) is 0 Å². The molecule has 150 valence electrons. The van der Waals surface area contributed by atoms with Gasteiger partial charge in [-0.25, -0.2) is 0 Å². The van der Waals surface area contributed by atoms with E-state index in [1.54, 1.807) is 37.4 Å². The molecule has 1 heterocycles. The number of hydrogen-bond donors (Lipinski definition) is 1. The van der Waals surface area contributed by atoms with Crippen LogP contribution in [0.5, 0.6) is 0 Å². The van der Waals surface area contributed by atoms with Crippen molar-refractivity contribution in [3.8, 4) is 11.3 Å². The molecule has 1 N–H and O–H groups in total. The Labute approximate surface area is 179 Å². The van der Waals surface area contributed by atoms with Crippen LogP contribution >= 0.6 is 23.2 Å². The van der Waals surface area contributed by atoms with Crippen molar-refractivity contribution in [3.63, 3.8) is 0 Å². The molecule has 1 aromatic heterocycles. The molecule has 3 rings (SSSR count). The predicted molar refractivity (Wildman–Crippen MR) is 116 cm³/mol. The maximum atomic E-state index is 12.6. The Morgan fingerprint density at radius 3 is 2.59 bits per heavy atom. The highest BCUT2D eigenvalue weighted by Crippen LogP contribution is 2.32. The molecule has 0 atom stereocenters. The van der Waals surface area contributed by atoms with Gasteiger partial charge in [-0.2, -0.15) is 0 Å². The number of carbonyl (C=O) groups excluding carboxylic acids is 2. The van der Waals surface area contributed by atoms with Crippen molar-refractivity contribution in [2.45, 2.75) is 13.3 Å². The molecule has 29 heavy (non-hydrogen) atoms. The number of para-hydroxylation sites is 1. The topological polar surface area (TPSA) is 62.6 Å². The third kappa shape index (κ3) is 5.00. The number of hydrogen-bond acceptors (Lipinski definition) is 3. The van der Waals surface area contributed by atoms with Gasteiger partial charge in [-0.3, -0.25) is 9.59 Å². The normalized spacial score (nSPS) is 10.6. The largest absolute Gasteiger partial charge is 0.451 e. The van der Waals surface area contributed by atoms with Crippen LogP contribution in [-0.4, -0.2) is 30.3 Å². The van der Waals surface area contributed by atoms with Crippen LogP contribution in [0.3, 0.4) is 0 Å². The monoisotopic (exact) mass is 430 g/mol. The van der Waals surface area contributed by atoms with Crippen molar-refractivity contribution in [3.05, 3.63) is 76.0 Å². The van der Waals surface area contributed by atoms with Crippen LogP contribution in [0.15, 0.2) is 59.0 Å². The second-order valence-electron chi connectivity index (χ2n) is 6.51. The van der Waals surface area contributed by atoms with E-state index < -0.39 is 5.91 Å². The van der Waals surface area contributed by atoms with Gasteiger partial charge in [0.15, 0.2) is 5.76 Å². The summed E-state index contributed by atoms with van der Waals surface area (Å²) in [6.45, 7) is 1.91. The van der Waals surface area contributed by atoms with E-state index in [9.17, 15) is 9.59 Å². The molecule has 0 saturated carbocycles. The lowest BCUT2D eigenvalue weighted by Crippen LogP contribution is -2.34. The first-order valence-corrected chi connectivity index (χ1v) is 9.83. The number of amides is 2. The maximum absolute atomic E-state index is 12.6. The van der Waals surface area contributed by atoms with Crippen LogP contribution in [0.1, 0.15) is 23.0 Å². The zero-order valence-electron chi connectivity index (χ0n) is 16.0. The number of rotatable bonds is 6. The van der Waals surface area contributed by atoms with Crippen molar-refractivity contribution in [1.82, 2.24) is 4.90 Å². The summed E-state index contributed by atoms with van der Waals surface area (Å²) in [5, 5.41) is 3.82. The molecular formula is C22H20Cl2N2O3. The summed E-state index contributed by atoms with van der Waals surface area (Å²) in [5.41, 5.74) is 2.37. The van der Waals surface area contributed by atoms with E-state index in [-0.39, 0.29) is 18.2 Å². The summed E-state index contributed by atoms with van der Waals surface area (Å²) in [7, 11) is 1.54. The third-order valence-electron chi connectivity index (χ3n) is 4.41. The van der Waals surface area contributed by atoms with Gasteiger partial charge in [-0.15, -0.1) is 0 Å². The molecule has 7 heteroatoms. The van der Waals surface area contributed by atoms with Gasteiger partial charge in [0.05, 0.1) is 11.6 Å². The Balaban J connectivity index is 1.68. The first-order valence-electron chi connectivity index (χ1n) is 9.07. The summed E-state index contributed by atoms with van der Waals surface area (Å²) in [4.78, 5) is 26.3. The second-order valence-corrected chi connectivity index (χ2v) is 7.35. The van der Waals surface area contributed by atoms with Crippen molar-refractivity contribution in [2.75, 3.05) is 18.9 Å². The van der Waals surface area contributed by atoms with Gasteiger partial charge >= 0.3 is 0 Å². The second kappa shape index (κ2) is 9.16. The number of furan rings is 1. The van der Waals surface area contributed by atoms with Crippen LogP contribution in [0.25, 0.3) is 11.3 Å². The van der Waals surface area contributed by atoms with E-state index in [1.807, 2.05) is 31.2 Å². The predicted octanol–water partition coefficient (Wildman–Crippen LogP) is 5.53. The SMILES string of the molecule is CCc1ccccc1NC(=O)CN(C)C(=O)c1ccc(-c2cc(Cl)ccc2Cl)o1. The third-order valence-corrected chi connectivity index (χ3v) is 4.98. The van der Waals surface area contributed by atoms with Crippen molar-refractivity contribution < 1.29 is 14.0 Å². The van der Waals surface area contributed by atoms with E-state index in [0.717, 1.165) is 17.7 Å². The lowest BCUT2D eigenvalue weighted by molar-refractivity contribution is -0.116. The highest BCUT2D eigenvalue weighted by molar-refractivity contribution is 6.35. The lowest BCUT2D eigenvalue weighted by Gasteiger charge is -2.16. The number of anilines is 1. The number of aryl methyl sites for hydroxylation is 1. The number of likely N-dealkylation sites (N-methyl/N-ethyl adjacent to an activating group) is 1. The van der Waals surface area contributed by atoms with Gasteiger partial charge in [0.2, 0.25) is 5.91 Å². The molecule has 0 spiro atoms. The number of nitrogens with one attached hydrogen (secondary N) is 1. The zero-order valence-corrected chi connectivity index (χ0v) is 17.6. The quantitative estimate of drug-likeness (QED) is 0.559. The van der Waals surface area contributed by atoms with Gasteiger partial charge in [0.25, 0.3) is 5.91 Å². The Hall–Kier alpha value is -2.76. The molecule has 0 unspecified atom stereocenters. The Morgan fingerprint density at radius 1 is 1.07 bits per heavy atom. The molecule has 2 amide bonds.